The molecule has 5 aromatic heterocycles. The van der Waals surface area contributed by atoms with Crippen molar-refractivity contribution in [2.45, 2.75) is 0 Å². The fourth-order valence-corrected chi connectivity index (χ4v) is 6.63. The molecule has 0 aliphatic heterocycles. The van der Waals surface area contributed by atoms with Crippen molar-refractivity contribution in [2.24, 2.45) is 0 Å². The van der Waals surface area contributed by atoms with Crippen LogP contribution in [0.5, 0.6) is 0 Å². The lowest BCUT2D eigenvalue weighted by Crippen LogP contribution is -2.06. The average molecular weight is 605 g/mol. The number of rotatable bonds is 4. The average Bonchev–Trinajstić information content (AvgIpc) is 3.78. The second-order valence-corrected chi connectivity index (χ2v) is 11.5. The van der Waals surface area contributed by atoms with E-state index < -0.39 is 0 Å². The van der Waals surface area contributed by atoms with Crippen LogP contribution < -0.4 is 0 Å². The summed E-state index contributed by atoms with van der Waals surface area (Å²) in [5, 5.41) is 2.20. The van der Waals surface area contributed by atoms with Gasteiger partial charge in [-0.25, -0.2) is 14.5 Å². The Balaban J connectivity index is 1.30. The number of aromatic nitrogens is 8. The molecule has 0 radical (unpaired) electrons. The van der Waals surface area contributed by atoms with Crippen LogP contribution in [0.3, 0.4) is 0 Å². The van der Waals surface area contributed by atoms with Crippen molar-refractivity contribution in [3.8, 4) is 34.4 Å². The fraction of sp³-hybridized carbons (Fsp3) is 0. The first-order chi connectivity index (χ1) is 23.3. The summed E-state index contributed by atoms with van der Waals surface area (Å²) in [6.45, 7) is 0. The van der Waals surface area contributed by atoms with Gasteiger partial charge in [0, 0.05) is 27.6 Å². The zero-order chi connectivity index (χ0) is 30.9. The standard InChI is InChI=1S/C39H24N8/c1-4-14-25(15-5-1)34-40-35(26-16-6-2-7-17-26)43-38(42-34)47-32-23-13-12-22-31(32)46-33-24-29-28-20-10-11-21-30(28)45(27-18-8-3-9-19-27)37(29)41-36(33)44-39(46)47/h1-24H. The van der Waals surface area contributed by atoms with E-state index in [2.05, 4.69) is 75.7 Å². The van der Waals surface area contributed by atoms with Gasteiger partial charge in [-0.2, -0.15) is 15.0 Å². The third-order valence-corrected chi connectivity index (χ3v) is 8.72. The highest BCUT2D eigenvalue weighted by Gasteiger charge is 2.23. The van der Waals surface area contributed by atoms with Gasteiger partial charge in [0.2, 0.25) is 11.7 Å². The molecule has 5 heterocycles. The maximum Gasteiger partial charge on any atom is 0.241 e. The van der Waals surface area contributed by atoms with Crippen LogP contribution in [-0.2, 0) is 0 Å². The van der Waals surface area contributed by atoms with Gasteiger partial charge >= 0.3 is 0 Å². The molecule has 0 N–H and O–H groups in total. The zero-order valence-electron chi connectivity index (χ0n) is 24.9. The van der Waals surface area contributed by atoms with Gasteiger partial charge < -0.3 is 0 Å². The molecule has 0 amide bonds. The summed E-state index contributed by atoms with van der Waals surface area (Å²) in [4.78, 5) is 25.4. The highest BCUT2D eigenvalue weighted by Crippen LogP contribution is 2.35. The van der Waals surface area contributed by atoms with Crippen molar-refractivity contribution in [3.63, 3.8) is 0 Å². The second-order valence-electron chi connectivity index (χ2n) is 11.5. The van der Waals surface area contributed by atoms with E-state index in [0.29, 0.717) is 29.0 Å². The molecule has 5 aromatic carbocycles. The van der Waals surface area contributed by atoms with E-state index in [-0.39, 0.29) is 0 Å². The summed E-state index contributed by atoms with van der Waals surface area (Å²) < 4.78 is 6.40. The van der Waals surface area contributed by atoms with Crippen LogP contribution in [0.1, 0.15) is 0 Å². The molecule has 0 saturated heterocycles. The summed E-state index contributed by atoms with van der Waals surface area (Å²) in [6, 6.07) is 49.3. The Bertz CT molecular complexity index is 2720. The van der Waals surface area contributed by atoms with Crippen molar-refractivity contribution in [1.82, 2.24) is 38.5 Å². The summed E-state index contributed by atoms with van der Waals surface area (Å²) in [5.74, 6) is 2.35. The van der Waals surface area contributed by atoms with Crippen molar-refractivity contribution in [3.05, 3.63) is 146 Å². The number of pyridine rings is 1. The van der Waals surface area contributed by atoms with E-state index in [0.717, 1.165) is 55.3 Å². The largest absolute Gasteiger partial charge is 0.294 e. The van der Waals surface area contributed by atoms with Crippen LogP contribution >= 0.6 is 0 Å². The van der Waals surface area contributed by atoms with E-state index in [1.165, 1.54) is 0 Å². The molecular formula is C39H24N8. The molecule has 8 nitrogen and oxygen atoms in total. The summed E-state index contributed by atoms with van der Waals surface area (Å²) in [7, 11) is 0. The number of imidazole rings is 2. The number of benzene rings is 5. The van der Waals surface area contributed by atoms with Crippen molar-refractivity contribution < 1.29 is 0 Å². The Hall–Kier alpha value is -6.67. The molecule has 10 aromatic rings. The van der Waals surface area contributed by atoms with Gasteiger partial charge in [-0.1, -0.05) is 109 Å². The molecule has 0 fully saturated rings. The Labute approximate surface area is 267 Å². The second kappa shape index (κ2) is 9.92. The molecule has 0 spiro atoms. The van der Waals surface area contributed by atoms with Gasteiger partial charge in [0.25, 0.3) is 0 Å². The highest BCUT2D eigenvalue weighted by molar-refractivity contribution is 6.11. The molecule has 0 atom stereocenters. The smallest absolute Gasteiger partial charge is 0.241 e. The maximum absolute atomic E-state index is 5.24. The van der Waals surface area contributed by atoms with Crippen molar-refractivity contribution >= 4 is 49.9 Å². The monoisotopic (exact) mass is 604 g/mol. The molecular weight excluding hydrogens is 580 g/mol. The Morgan fingerprint density at radius 3 is 1.66 bits per heavy atom. The van der Waals surface area contributed by atoms with Crippen LogP contribution in [0.2, 0.25) is 0 Å². The molecule has 220 valence electrons. The normalized spacial score (nSPS) is 11.8. The van der Waals surface area contributed by atoms with Gasteiger partial charge in [-0.15, -0.1) is 0 Å². The molecule has 0 saturated carbocycles. The van der Waals surface area contributed by atoms with Crippen LogP contribution in [0.15, 0.2) is 146 Å². The minimum atomic E-state index is 0.489. The minimum absolute atomic E-state index is 0.489. The summed E-state index contributed by atoms with van der Waals surface area (Å²) in [5.41, 5.74) is 8.32. The molecule has 0 bridgehead atoms. The number of hydrogen-bond donors (Lipinski definition) is 0. The van der Waals surface area contributed by atoms with E-state index in [9.17, 15) is 0 Å². The van der Waals surface area contributed by atoms with E-state index in [1.807, 2.05) is 83.4 Å². The van der Waals surface area contributed by atoms with Crippen LogP contribution in [0, 0.1) is 0 Å². The highest BCUT2D eigenvalue weighted by atomic mass is 15.3. The Kier molecular flexibility index (Phi) is 5.41. The first-order valence-corrected chi connectivity index (χ1v) is 15.5. The Morgan fingerprint density at radius 1 is 0.404 bits per heavy atom. The molecule has 0 aliphatic rings. The van der Waals surface area contributed by atoms with Crippen LogP contribution in [-0.4, -0.2) is 38.5 Å². The van der Waals surface area contributed by atoms with Crippen LogP contribution in [0.4, 0.5) is 0 Å². The lowest BCUT2D eigenvalue weighted by molar-refractivity contribution is 0.937. The topological polar surface area (TPSA) is 78.7 Å². The Morgan fingerprint density at radius 2 is 0.979 bits per heavy atom. The minimum Gasteiger partial charge on any atom is -0.294 e. The summed E-state index contributed by atoms with van der Waals surface area (Å²) >= 11 is 0. The maximum atomic E-state index is 5.24. The van der Waals surface area contributed by atoms with Gasteiger partial charge in [0.1, 0.15) is 5.65 Å². The van der Waals surface area contributed by atoms with E-state index >= 15 is 0 Å². The van der Waals surface area contributed by atoms with Crippen molar-refractivity contribution in [1.29, 1.82) is 0 Å². The third kappa shape index (κ3) is 3.85. The number of para-hydroxylation sites is 4. The number of hydrogen-bond acceptors (Lipinski definition) is 5. The van der Waals surface area contributed by atoms with Gasteiger partial charge in [-0.05, 0) is 36.4 Å². The summed E-state index contributed by atoms with van der Waals surface area (Å²) in [6.07, 6.45) is 0. The lowest BCUT2D eigenvalue weighted by atomic mass is 10.2. The molecule has 47 heavy (non-hydrogen) atoms. The molecule has 0 aliphatic carbocycles. The molecule has 0 unspecified atom stereocenters. The first kappa shape index (κ1) is 25.6. The predicted octanol–water partition coefficient (Wildman–Crippen LogP) is 8.44. The fourth-order valence-electron chi connectivity index (χ4n) is 6.63. The number of fused-ring (bicyclic) bond motifs is 8. The zero-order valence-corrected chi connectivity index (χ0v) is 24.9. The predicted molar refractivity (Wildman–Crippen MR) is 186 cm³/mol. The van der Waals surface area contributed by atoms with Crippen LogP contribution in [0.25, 0.3) is 84.3 Å². The van der Waals surface area contributed by atoms with Gasteiger partial charge in [0.15, 0.2) is 17.3 Å². The quantitative estimate of drug-likeness (QED) is 0.201. The van der Waals surface area contributed by atoms with Crippen molar-refractivity contribution in [2.75, 3.05) is 0 Å². The van der Waals surface area contributed by atoms with E-state index in [1.54, 1.807) is 0 Å². The number of nitrogens with zero attached hydrogens (tertiary/aromatic N) is 8. The molecule has 10 rings (SSSR count). The van der Waals surface area contributed by atoms with E-state index in [4.69, 9.17) is 24.9 Å². The molecule has 8 heteroatoms. The lowest BCUT2D eigenvalue weighted by Gasteiger charge is -2.09. The van der Waals surface area contributed by atoms with Gasteiger partial charge in [0.05, 0.1) is 22.1 Å². The third-order valence-electron chi connectivity index (χ3n) is 8.72. The first-order valence-electron chi connectivity index (χ1n) is 15.5. The SMILES string of the molecule is c1ccc(-c2nc(-c3ccccc3)nc(-n3c4ccccc4n4c5cc6c7ccccc7n(-c7ccccc7)c6nc5nc34)n2)cc1. The van der Waals surface area contributed by atoms with Gasteiger partial charge in [-0.3, -0.25) is 8.97 Å².